The molecule has 0 spiro atoms. The molecule has 0 fully saturated rings. The average Bonchev–Trinajstić information content (AvgIpc) is 2.45. The first kappa shape index (κ1) is 12.4. The Balaban J connectivity index is 2.93. The van der Waals surface area contributed by atoms with E-state index in [4.69, 9.17) is 11.6 Å². The van der Waals surface area contributed by atoms with Crippen LogP contribution in [-0.2, 0) is 10.0 Å². The van der Waals surface area contributed by atoms with Crippen LogP contribution in [0.1, 0.15) is 5.56 Å². The van der Waals surface area contributed by atoms with Gasteiger partial charge in [0.2, 0.25) is 10.0 Å². The summed E-state index contributed by atoms with van der Waals surface area (Å²) in [5.74, 6) is 0. The molecule has 14 heavy (non-hydrogen) atoms. The van der Waals surface area contributed by atoms with Crippen LogP contribution in [0.4, 0.5) is 0 Å². The standard InChI is InChI=1S/C7H9BrClNO2S2/c1-5-4-6(13-7(5)9)14(11,12)10-3-2-8/h4,10H,2-3H2,1H3. The van der Waals surface area contributed by atoms with E-state index in [9.17, 15) is 8.42 Å². The molecular formula is C7H9BrClNO2S2. The monoisotopic (exact) mass is 317 g/mol. The molecule has 0 saturated heterocycles. The molecule has 0 aliphatic carbocycles. The number of alkyl halides is 1. The van der Waals surface area contributed by atoms with Crippen molar-refractivity contribution in [1.82, 2.24) is 4.72 Å². The number of hydrogen-bond acceptors (Lipinski definition) is 3. The molecule has 0 aromatic carbocycles. The lowest BCUT2D eigenvalue weighted by molar-refractivity contribution is 0.586. The number of rotatable bonds is 4. The second-order valence-electron chi connectivity index (χ2n) is 2.61. The summed E-state index contributed by atoms with van der Waals surface area (Å²) in [6.45, 7) is 2.15. The van der Waals surface area contributed by atoms with E-state index in [-0.39, 0.29) is 4.21 Å². The number of thiophene rings is 1. The van der Waals surface area contributed by atoms with Gasteiger partial charge in [-0.05, 0) is 18.6 Å². The molecule has 0 atom stereocenters. The maximum atomic E-state index is 11.6. The molecule has 80 valence electrons. The third-order valence-electron chi connectivity index (χ3n) is 1.49. The average molecular weight is 319 g/mol. The molecule has 0 aliphatic heterocycles. The predicted octanol–water partition coefficient (Wildman–Crippen LogP) is 2.38. The fourth-order valence-electron chi connectivity index (χ4n) is 0.808. The maximum absolute atomic E-state index is 11.6. The zero-order valence-corrected chi connectivity index (χ0v) is 11.4. The second kappa shape index (κ2) is 4.94. The fourth-order valence-corrected chi connectivity index (χ4v) is 4.05. The summed E-state index contributed by atoms with van der Waals surface area (Å²) < 4.78 is 26.4. The lowest BCUT2D eigenvalue weighted by Gasteiger charge is -2.00. The number of hydrogen-bond donors (Lipinski definition) is 1. The van der Waals surface area contributed by atoms with E-state index >= 15 is 0 Å². The molecule has 0 saturated carbocycles. The number of nitrogens with one attached hydrogen (secondary N) is 1. The van der Waals surface area contributed by atoms with Crippen molar-refractivity contribution in [3.05, 3.63) is 16.0 Å². The molecule has 1 heterocycles. The molecule has 1 rings (SSSR count). The van der Waals surface area contributed by atoms with Gasteiger partial charge < -0.3 is 0 Å². The lowest BCUT2D eigenvalue weighted by Crippen LogP contribution is -2.24. The first-order valence-electron chi connectivity index (χ1n) is 3.79. The Bertz CT molecular complexity index is 396. The Kier molecular flexibility index (Phi) is 4.39. The summed E-state index contributed by atoms with van der Waals surface area (Å²) >= 11 is 10.0. The van der Waals surface area contributed by atoms with Crippen LogP contribution in [0.15, 0.2) is 10.3 Å². The topological polar surface area (TPSA) is 46.2 Å². The number of halogens is 2. The van der Waals surface area contributed by atoms with Gasteiger partial charge in [-0.2, -0.15) is 0 Å². The van der Waals surface area contributed by atoms with Crippen molar-refractivity contribution in [1.29, 1.82) is 0 Å². The van der Waals surface area contributed by atoms with Crippen molar-refractivity contribution in [3.63, 3.8) is 0 Å². The highest BCUT2D eigenvalue weighted by Gasteiger charge is 2.17. The molecule has 0 amide bonds. The Hall–Kier alpha value is 0.380. The summed E-state index contributed by atoms with van der Waals surface area (Å²) in [4.78, 5) is 0. The fraction of sp³-hybridized carbons (Fsp3) is 0.429. The Morgan fingerprint density at radius 2 is 2.29 bits per heavy atom. The highest BCUT2D eigenvalue weighted by molar-refractivity contribution is 9.09. The second-order valence-corrected chi connectivity index (χ2v) is 7.05. The van der Waals surface area contributed by atoms with Gasteiger partial charge in [0.25, 0.3) is 0 Å². The van der Waals surface area contributed by atoms with E-state index in [2.05, 4.69) is 20.7 Å². The van der Waals surface area contributed by atoms with E-state index in [1.807, 2.05) is 0 Å². The highest BCUT2D eigenvalue weighted by atomic mass is 79.9. The van der Waals surface area contributed by atoms with Gasteiger partial charge >= 0.3 is 0 Å². The van der Waals surface area contributed by atoms with Gasteiger partial charge in [-0.3, -0.25) is 0 Å². The van der Waals surface area contributed by atoms with Crippen LogP contribution in [0.3, 0.4) is 0 Å². The van der Waals surface area contributed by atoms with Crippen LogP contribution in [-0.4, -0.2) is 20.3 Å². The zero-order chi connectivity index (χ0) is 10.8. The first-order valence-corrected chi connectivity index (χ1v) is 7.59. The van der Waals surface area contributed by atoms with Gasteiger partial charge in [0.05, 0.1) is 4.34 Å². The van der Waals surface area contributed by atoms with Crippen LogP contribution >= 0.6 is 38.9 Å². The van der Waals surface area contributed by atoms with Gasteiger partial charge in [-0.25, -0.2) is 13.1 Å². The van der Waals surface area contributed by atoms with Crippen molar-refractivity contribution < 1.29 is 8.42 Å². The molecule has 0 bridgehead atoms. The van der Waals surface area contributed by atoms with Crippen LogP contribution in [0.2, 0.25) is 4.34 Å². The number of sulfonamides is 1. The normalized spacial score (nSPS) is 11.9. The summed E-state index contributed by atoms with van der Waals surface area (Å²) in [5, 5.41) is 0.588. The van der Waals surface area contributed by atoms with Gasteiger partial charge in [-0.15, -0.1) is 11.3 Å². The summed E-state index contributed by atoms with van der Waals surface area (Å²) in [5.41, 5.74) is 0.788. The predicted molar refractivity (Wildman–Crippen MR) is 63.0 cm³/mol. The van der Waals surface area contributed by atoms with Crippen molar-refractivity contribution >= 4 is 48.9 Å². The Morgan fingerprint density at radius 1 is 1.64 bits per heavy atom. The quantitative estimate of drug-likeness (QED) is 0.866. The Labute approximate surface area is 101 Å². The van der Waals surface area contributed by atoms with Crippen molar-refractivity contribution in [3.8, 4) is 0 Å². The highest BCUT2D eigenvalue weighted by Crippen LogP contribution is 2.29. The molecule has 0 unspecified atom stereocenters. The van der Waals surface area contributed by atoms with Crippen LogP contribution in [0.5, 0.6) is 0 Å². The SMILES string of the molecule is Cc1cc(S(=O)(=O)NCCBr)sc1Cl. The largest absolute Gasteiger partial charge is 0.250 e. The van der Waals surface area contributed by atoms with Gasteiger partial charge in [0.1, 0.15) is 4.21 Å². The summed E-state index contributed by atoms with van der Waals surface area (Å²) in [6, 6.07) is 1.57. The van der Waals surface area contributed by atoms with Gasteiger partial charge in [0.15, 0.2) is 0 Å². The minimum atomic E-state index is -3.37. The van der Waals surface area contributed by atoms with E-state index in [1.54, 1.807) is 13.0 Å². The minimum Gasteiger partial charge on any atom is -0.210 e. The molecule has 7 heteroatoms. The molecule has 3 nitrogen and oxygen atoms in total. The first-order chi connectivity index (χ1) is 6.47. The van der Waals surface area contributed by atoms with E-state index in [0.717, 1.165) is 16.9 Å². The smallest absolute Gasteiger partial charge is 0.210 e. The lowest BCUT2D eigenvalue weighted by atomic mass is 10.4. The third kappa shape index (κ3) is 2.93. The van der Waals surface area contributed by atoms with Crippen molar-refractivity contribution in [2.75, 3.05) is 11.9 Å². The molecule has 0 radical (unpaired) electrons. The molecule has 1 N–H and O–H groups in total. The van der Waals surface area contributed by atoms with Crippen LogP contribution in [0, 0.1) is 6.92 Å². The van der Waals surface area contributed by atoms with Gasteiger partial charge in [0, 0.05) is 11.9 Å². The molecule has 1 aromatic heterocycles. The molecule has 0 aliphatic rings. The minimum absolute atomic E-state index is 0.265. The van der Waals surface area contributed by atoms with Crippen LogP contribution in [0.25, 0.3) is 0 Å². The zero-order valence-electron chi connectivity index (χ0n) is 7.38. The maximum Gasteiger partial charge on any atom is 0.250 e. The van der Waals surface area contributed by atoms with Crippen LogP contribution < -0.4 is 4.72 Å². The third-order valence-corrected chi connectivity index (χ3v) is 5.37. The number of aryl methyl sites for hydroxylation is 1. The van der Waals surface area contributed by atoms with E-state index in [0.29, 0.717) is 16.2 Å². The van der Waals surface area contributed by atoms with E-state index in [1.165, 1.54) is 0 Å². The van der Waals surface area contributed by atoms with E-state index < -0.39 is 10.0 Å². The summed E-state index contributed by atoms with van der Waals surface area (Å²) in [7, 11) is -3.37. The van der Waals surface area contributed by atoms with Gasteiger partial charge in [-0.1, -0.05) is 27.5 Å². The van der Waals surface area contributed by atoms with Crippen molar-refractivity contribution in [2.24, 2.45) is 0 Å². The molecular weight excluding hydrogens is 310 g/mol. The molecule has 1 aromatic rings. The summed E-state index contributed by atoms with van der Waals surface area (Å²) in [6.07, 6.45) is 0. The Morgan fingerprint density at radius 3 is 2.71 bits per heavy atom. The van der Waals surface area contributed by atoms with Crippen molar-refractivity contribution in [2.45, 2.75) is 11.1 Å².